The minimum Gasteiger partial charge on any atom is -0.352 e. The summed E-state index contributed by atoms with van der Waals surface area (Å²) >= 11 is 2.09. The van der Waals surface area contributed by atoms with Crippen LogP contribution in [0.3, 0.4) is 0 Å². The minimum atomic E-state index is -3.58. The Kier molecular flexibility index (Phi) is 4.16. The van der Waals surface area contributed by atoms with Crippen molar-refractivity contribution in [1.82, 2.24) is 4.57 Å². The lowest BCUT2D eigenvalue weighted by Crippen LogP contribution is -2.13. The third-order valence-corrected chi connectivity index (χ3v) is 4.99. The number of nitrogens with two attached hydrogens (primary N) is 1. The van der Waals surface area contributed by atoms with E-state index in [4.69, 9.17) is 5.73 Å². The molecule has 2 aromatic rings. The molecule has 0 aliphatic heterocycles. The molecule has 1 aromatic carbocycles. The van der Waals surface area contributed by atoms with Crippen LogP contribution in [0.4, 0.5) is 5.69 Å². The second-order valence-electron chi connectivity index (χ2n) is 4.07. The molecule has 0 aliphatic rings. The van der Waals surface area contributed by atoms with Crippen LogP contribution in [0.15, 0.2) is 41.4 Å². The molecule has 0 fully saturated rings. The second-order valence-corrected chi connectivity index (χ2v) is 6.91. The van der Waals surface area contributed by atoms with Crippen LogP contribution in [0.1, 0.15) is 5.69 Å². The first-order valence-electron chi connectivity index (χ1n) is 5.56. The van der Waals surface area contributed by atoms with Crippen LogP contribution in [-0.2, 0) is 23.6 Å². The van der Waals surface area contributed by atoms with Crippen LogP contribution in [0.2, 0.25) is 0 Å². The summed E-state index contributed by atoms with van der Waals surface area (Å²) < 4.78 is 29.7. The molecule has 0 spiro atoms. The van der Waals surface area contributed by atoms with Gasteiger partial charge in [-0.1, -0.05) is 12.1 Å². The zero-order valence-electron chi connectivity index (χ0n) is 10.3. The summed E-state index contributed by atoms with van der Waals surface area (Å²) in [4.78, 5) is 0.218. The molecule has 5 nitrogen and oxygen atoms in total. The molecule has 0 amide bonds. The zero-order chi connectivity index (χ0) is 14.0. The summed E-state index contributed by atoms with van der Waals surface area (Å²) in [6, 6.07) is 8.80. The molecule has 0 saturated heterocycles. The number of anilines is 1. The van der Waals surface area contributed by atoms with Crippen molar-refractivity contribution in [2.45, 2.75) is 11.4 Å². The van der Waals surface area contributed by atoms with E-state index in [1.165, 1.54) is 0 Å². The summed E-state index contributed by atoms with van der Waals surface area (Å²) in [5.41, 5.74) is 6.88. The van der Waals surface area contributed by atoms with Gasteiger partial charge < -0.3 is 10.3 Å². The van der Waals surface area contributed by atoms with Crippen molar-refractivity contribution in [2.24, 2.45) is 12.8 Å². The smallest absolute Gasteiger partial charge is 0.263 e. The predicted molar refractivity (Wildman–Crippen MR) is 83.3 cm³/mol. The van der Waals surface area contributed by atoms with Crippen LogP contribution >= 0.6 is 22.6 Å². The van der Waals surface area contributed by atoms with Crippen molar-refractivity contribution < 1.29 is 8.42 Å². The van der Waals surface area contributed by atoms with Gasteiger partial charge in [0.2, 0.25) is 0 Å². The third-order valence-electron chi connectivity index (χ3n) is 2.72. The van der Waals surface area contributed by atoms with Gasteiger partial charge in [-0.3, -0.25) is 4.72 Å². The van der Waals surface area contributed by atoms with Gasteiger partial charge in [0.25, 0.3) is 10.0 Å². The molecule has 0 atom stereocenters. The van der Waals surface area contributed by atoms with Gasteiger partial charge in [-0.25, -0.2) is 8.42 Å². The first-order valence-corrected chi connectivity index (χ1v) is 8.13. The Morgan fingerprint density at radius 1 is 1.37 bits per heavy atom. The number of para-hydroxylation sites is 1. The number of rotatable bonds is 4. The first-order chi connectivity index (χ1) is 8.94. The molecule has 19 heavy (non-hydrogen) atoms. The van der Waals surface area contributed by atoms with E-state index in [0.29, 0.717) is 12.2 Å². The van der Waals surface area contributed by atoms with E-state index in [2.05, 4.69) is 27.3 Å². The number of hydrogen-bond donors (Lipinski definition) is 2. The van der Waals surface area contributed by atoms with Gasteiger partial charge in [0.05, 0.1) is 5.69 Å². The summed E-state index contributed by atoms with van der Waals surface area (Å²) in [6.45, 7) is 0.300. The Morgan fingerprint density at radius 2 is 2.05 bits per heavy atom. The fourth-order valence-electron chi connectivity index (χ4n) is 1.67. The maximum Gasteiger partial charge on any atom is 0.263 e. The molecule has 102 valence electrons. The Labute approximate surface area is 126 Å². The number of hydrogen-bond acceptors (Lipinski definition) is 3. The highest BCUT2D eigenvalue weighted by Crippen LogP contribution is 2.22. The molecule has 0 bridgehead atoms. The van der Waals surface area contributed by atoms with Crippen molar-refractivity contribution >= 4 is 38.3 Å². The van der Waals surface area contributed by atoms with E-state index in [-0.39, 0.29) is 4.90 Å². The average molecular weight is 391 g/mol. The molecule has 7 heteroatoms. The molecule has 2 rings (SSSR count). The highest BCUT2D eigenvalue weighted by Gasteiger charge is 2.18. The van der Waals surface area contributed by atoms with E-state index in [9.17, 15) is 8.42 Å². The summed E-state index contributed by atoms with van der Waals surface area (Å²) in [5, 5.41) is 0. The number of nitrogens with zero attached hydrogens (tertiary/aromatic N) is 1. The number of aromatic nitrogens is 1. The maximum atomic E-state index is 12.3. The summed E-state index contributed by atoms with van der Waals surface area (Å²) in [7, 11) is -1.81. The minimum absolute atomic E-state index is 0.218. The molecular formula is C12H14IN3O2S. The standard InChI is InChI=1S/C12H14IN3O2S/c1-16-8-10(6-9(16)7-14)19(17,18)15-12-5-3-2-4-11(12)13/h2-6,8,15H,7,14H2,1H3. The number of halogens is 1. The Balaban J connectivity index is 2.35. The van der Waals surface area contributed by atoms with Crippen LogP contribution in [0.25, 0.3) is 0 Å². The van der Waals surface area contributed by atoms with E-state index in [0.717, 1.165) is 9.26 Å². The highest BCUT2D eigenvalue weighted by atomic mass is 127. The molecule has 0 saturated carbocycles. The molecule has 0 radical (unpaired) electrons. The van der Waals surface area contributed by atoms with Crippen LogP contribution in [-0.4, -0.2) is 13.0 Å². The Morgan fingerprint density at radius 3 is 2.63 bits per heavy atom. The molecule has 1 heterocycles. The van der Waals surface area contributed by atoms with Gasteiger partial charge in [0.1, 0.15) is 4.90 Å². The number of nitrogens with one attached hydrogen (secondary N) is 1. The van der Waals surface area contributed by atoms with Crippen molar-refractivity contribution in [2.75, 3.05) is 4.72 Å². The third kappa shape index (κ3) is 3.10. The zero-order valence-corrected chi connectivity index (χ0v) is 13.3. The lowest BCUT2D eigenvalue weighted by molar-refractivity contribution is 0.601. The molecule has 0 aliphatic carbocycles. The predicted octanol–water partition coefficient (Wildman–Crippen LogP) is 1.89. The Hall–Kier alpha value is -1.06. The monoisotopic (exact) mass is 391 g/mol. The number of aryl methyl sites for hydroxylation is 1. The largest absolute Gasteiger partial charge is 0.352 e. The maximum absolute atomic E-state index is 12.3. The summed E-state index contributed by atoms with van der Waals surface area (Å²) in [5.74, 6) is 0. The van der Waals surface area contributed by atoms with Crippen LogP contribution in [0, 0.1) is 3.57 Å². The normalized spacial score (nSPS) is 11.5. The fourth-order valence-corrected chi connectivity index (χ4v) is 3.55. The topological polar surface area (TPSA) is 77.1 Å². The second kappa shape index (κ2) is 5.51. The first kappa shape index (κ1) is 14.4. The van der Waals surface area contributed by atoms with Gasteiger partial charge in [0.15, 0.2) is 0 Å². The van der Waals surface area contributed by atoms with E-state index in [1.54, 1.807) is 36.0 Å². The van der Waals surface area contributed by atoms with Crippen molar-refractivity contribution in [1.29, 1.82) is 0 Å². The quantitative estimate of drug-likeness (QED) is 0.782. The molecule has 1 aromatic heterocycles. The van der Waals surface area contributed by atoms with Gasteiger partial charge >= 0.3 is 0 Å². The van der Waals surface area contributed by atoms with Gasteiger partial charge in [-0.2, -0.15) is 0 Å². The van der Waals surface area contributed by atoms with Gasteiger partial charge in [0, 0.05) is 29.1 Å². The SMILES string of the molecule is Cn1cc(S(=O)(=O)Nc2ccccc2I)cc1CN. The van der Waals surface area contributed by atoms with Crippen molar-refractivity contribution in [3.63, 3.8) is 0 Å². The number of benzene rings is 1. The van der Waals surface area contributed by atoms with E-state index >= 15 is 0 Å². The summed E-state index contributed by atoms with van der Waals surface area (Å²) in [6.07, 6.45) is 1.56. The fraction of sp³-hybridized carbons (Fsp3) is 0.167. The number of sulfonamides is 1. The van der Waals surface area contributed by atoms with Crippen molar-refractivity contribution in [3.8, 4) is 0 Å². The highest BCUT2D eigenvalue weighted by molar-refractivity contribution is 14.1. The van der Waals surface area contributed by atoms with Crippen molar-refractivity contribution in [3.05, 3.63) is 45.8 Å². The van der Waals surface area contributed by atoms with Crippen LogP contribution < -0.4 is 10.5 Å². The van der Waals surface area contributed by atoms with E-state index < -0.39 is 10.0 Å². The average Bonchev–Trinajstić information content (AvgIpc) is 2.74. The van der Waals surface area contributed by atoms with Gasteiger partial charge in [-0.05, 0) is 40.8 Å². The van der Waals surface area contributed by atoms with E-state index in [1.807, 2.05) is 12.1 Å². The van der Waals surface area contributed by atoms with Crippen LogP contribution in [0.5, 0.6) is 0 Å². The lowest BCUT2D eigenvalue weighted by atomic mass is 10.3. The molecule has 3 N–H and O–H groups in total. The van der Waals surface area contributed by atoms with Gasteiger partial charge in [-0.15, -0.1) is 0 Å². The molecular weight excluding hydrogens is 377 g/mol. The Bertz CT molecular complexity index is 695. The lowest BCUT2D eigenvalue weighted by Gasteiger charge is -2.07. The molecule has 0 unspecified atom stereocenters.